The lowest BCUT2D eigenvalue weighted by atomic mass is 9.91. The van der Waals surface area contributed by atoms with Gasteiger partial charge in [-0.2, -0.15) is 0 Å². The summed E-state index contributed by atoms with van der Waals surface area (Å²) >= 11 is 0. The number of rotatable bonds is 3. The van der Waals surface area contributed by atoms with Gasteiger partial charge in [-0.1, -0.05) is 18.1 Å². The highest BCUT2D eigenvalue weighted by Crippen LogP contribution is 2.28. The van der Waals surface area contributed by atoms with Gasteiger partial charge in [0.25, 0.3) is 0 Å². The molecular weight excluding hydrogens is 212 g/mol. The molecule has 3 heteroatoms. The average Bonchev–Trinajstić information content (AvgIpc) is 2.41. The number of nitrogens with zero attached hydrogens (tertiary/aromatic N) is 2. The summed E-state index contributed by atoms with van der Waals surface area (Å²) in [5.41, 5.74) is 1.07. The van der Waals surface area contributed by atoms with E-state index in [2.05, 4.69) is 34.0 Å². The Hall–Kier alpha value is -1.82. The summed E-state index contributed by atoms with van der Waals surface area (Å²) in [6, 6.07) is 1.93. The van der Waals surface area contributed by atoms with E-state index in [4.69, 9.17) is 4.74 Å². The molecule has 0 bridgehead atoms. The molecule has 1 aromatic rings. The van der Waals surface area contributed by atoms with E-state index in [9.17, 15) is 0 Å². The van der Waals surface area contributed by atoms with Crippen molar-refractivity contribution < 1.29 is 4.74 Å². The van der Waals surface area contributed by atoms with E-state index in [0.717, 1.165) is 25.0 Å². The topological polar surface area (TPSA) is 35.0 Å². The van der Waals surface area contributed by atoms with Gasteiger partial charge in [0, 0.05) is 12.0 Å². The molecule has 0 aliphatic heterocycles. The van der Waals surface area contributed by atoms with Crippen molar-refractivity contribution in [3.63, 3.8) is 0 Å². The zero-order valence-corrected chi connectivity index (χ0v) is 10.0. The summed E-state index contributed by atoms with van der Waals surface area (Å²) < 4.78 is 5.44. The maximum absolute atomic E-state index is 5.44. The lowest BCUT2D eigenvalue weighted by Crippen LogP contribution is -2.05. The maximum Gasteiger partial charge on any atom is 0.217 e. The Bertz CT molecular complexity index is 457. The Labute approximate surface area is 102 Å². The normalized spacial score (nSPS) is 18.3. The highest BCUT2D eigenvalue weighted by molar-refractivity contribution is 5.19. The number of hydrogen-bond donors (Lipinski definition) is 0. The molecule has 1 heterocycles. The summed E-state index contributed by atoms with van der Waals surface area (Å²) in [5.74, 6) is 6.76. The third-order valence-electron chi connectivity index (χ3n) is 2.82. The van der Waals surface area contributed by atoms with Crippen molar-refractivity contribution in [2.24, 2.45) is 0 Å². The van der Waals surface area contributed by atoms with Crippen LogP contribution in [0.3, 0.4) is 0 Å². The molecule has 88 valence electrons. The molecular formula is C14H16N2O. The SMILES string of the molecule is CC#CCOc1cc(C2CC=CCC2)ncn1. The standard InChI is InChI=1S/C14H16N2O/c1-2-3-9-17-14-10-13(15-11-16-14)12-7-5-4-6-8-12/h4-5,10-12H,6-9H2,1H3. The van der Waals surface area contributed by atoms with Crippen LogP contribution in [0.4, 0.5) is 0 Å². The van der Waals surface area contributed by atoms with Crippen molar-refractivity contribution in [3.05, 3.63) is 30.2 Å². The van der Waals surface area contributed by atoms with Crippen LogP contribution in [0.5, 0.6) is 5.88 Å². The summed E-state index contributed by atoms with van der Waals surface area (Å²) in [6.07, 6.45) is 9.37. The summed E-state index contributed by atoms with van der Waals surface area (Å²) in [6.45, 7) is 2.18. The van der Waals surface area contributed by atoms with Gasteiger partial charge in [0.2, 0.25) is 5.88 Å². The van der Waals surface area contributed by atoms with Crippen LogP contribution >= 0.6 is 0 Å². The van der Waals surface area contributed by atoms with Crippen LogP contribution in [-0.4, -0.2) is 16.6 Å². The van der Waals surface area contributed by atoms with Gasteiger partial charge < -0.3 is 4.74 Å². The minimum absolute atomic E-state index is 0.386. The molecule has 1 aliphatic carbocycles. The number of hydrogen-bond acceptors (Lipinski definition) is 3. The fourth-order valence-corrected chi connectivity index (χ4v) is 1.90. The molecule has 0 fully saturated rings. The molecule has 1 aliphatic rings. The van der Waals surface area contributed by atoms with Gasteiger partial charge in [0.1, 0.15) is 6.33 Å². The van der Waals surface area contributed by atoms with Crippen LogP contribution in [0.2, 0.25) is 0 Å². The van der Waals surface area contributed by atoms with Gasteiger partial charge >= 0.3 is 0 Å². The highest BCUT2D eigenvalue weighted by Gasteiger charge is 2.14. The van der Waals surface area contributed by atoms with E-state index in [1.54, 1.807) is 13.3 Å². The molecule has 2 rings (SSSR count). The fourth-order valence-electron chi connectivity index (χ4n) is 1.90. The van der Waals surface area contributed by atoms with Crippen LogP contribution in [0.25, 0.3) is 0 Å². The van der Waals surface area contributed by atoms with Crippen LogP contribution in [0, 0.1) is 11.8 Å². The zero-order chi connectivity index (χ0) is 11.9. The van der Waals surface area contributed by atoms with Gasteiger partial charge in [-0.3, -0.25) is 0 Å². The van der Waals surface area contributed by atoms with E-state index in [0.29, 0.717) is 18.4 Å². The molecule has 0 spiro atoms. The summed E-state index contributed by atoms with van der Waals surface area (Å²) in [4.78, 5) is 8.42. The van der Waals surface area contributed by atoms with E-state index >= 15 is 0 Å². The van der Waals surface area contributed by atoms with Crippen molar-refractivity contribution in [3.8, 4) is 17.7 Å². The fraction of sp³-hybridized carbons (Fsp3) is 0.429. The molecule has 1 atom stereocenters. The van der Waals surface area contributed by atoms with Crippen molar-refractivity contribution >= 4 is 0 Å². The second kappa shape index (κ2) is 6.05. The number of allylic oxidation sites excluding steroid dienone is 2. The third-order valence-corrected chi connectivity index (χ3v) is 2.82. The largest absolute Gasteiger partial charge is 0.464 e. The van der Waals surface area contributed by atoms with Crippen LogP contribution in [-0.2, 0) is 0 Å². The Kier molecular flexibility index (Phi) is 4.15. The van der Waals surface area contributed by atoms with E-state index in [-0.39, 0.29) is 0 Å². The van der Waals surface area contributed by atoms with Crippen molar-refractivity contribution in [2.45, 2.75) is 32.1 Å². The molecule has 1 aromatic heterocycles. The molecule has 0 radical (unpaired) electrons. The molecule has 0 N–H and O–H groups in total. The maximum atomic E-state index is 5.44. The first kappa shape index (κ1) is 11.7. The van der Waals surface area contributed by atoms with Crippen molar-refractivity contribution in [1.82, 2.24) is 9.97 Å². The molecule has 3 nitrogen and oxygen atoms in total. The van der Waals surface area contributed by atoms with Gasteiger partial charge in [0.15, 0.2) is 6.61 Å². The minimum Gasteiger partial charge on any atom is -0.464 e. The van der Waals surface area contributed by atoms with Gasteiger partial charge in [-0.15, -0.1) is 5.92 Å². The Morgan fingerprint density at radius 3 is 3.12 bits per heavy atom. The molecule has 0 saturated heterocycles. The number of aromatic nitrogens is 2. The predicted molar refractivity (Wildman–Crippen MR) is 66.7 cm³/mol. The third kappa shape index (κ3) is 3.32. The van der Waals surface area contributed by atoms with Crippen molar-refractivity contribution in [1.29, 1.82) is 0 Å². The first-order chi connectivity index (χ1) is 8.40. The molecule has 0 saturated carbocycles. The lowest BCUT2D eigenvalue weighted by Gasteiger charge is -2.17. The monoisotopic (exact) mass is 228 g/mol. The summed E-state index contributed by atoms with van der Waals surface area (Å²) in [7, 11) is 0. The van der Waals surface area contributed by atoms with E-state index < -0.39 is 0 Å². The molecule has 0 amide bonds. The molecule has 1 unspecified atom stereocenters. The highest BCUT2D eigenvalue weighted by atomic mass is 16.5. The van der Waals surface area contributed by atoms with Crippen LogP contribution < -0.4 is 4.74 Å². The van der Waals surface area contributed by atoms with Crippen molar-refractivity contribution in [2.75, 3.05) is 6.61 Å². The number of ether oxygens (including phenoxy) is 1. The minimum atomic E-state index is 0.386. The Balaban J connectivity index is 2.04. The molecule has 0 aromatic carbocycles. The molecule has 17 heavy (non-hydrogen) atoms. The van der Waals surface area contributed by atoms with Crippen LogP contribution in [0.1, 0.15) is 37.8 Å². The van der Waals surface area contributed by atoms with Gasteiger partial charge in [-0.05, 0) is 26.2 Å². The van der Waals surface area contributed by atoms with Gasteiger partial charge in [0.05, 0.1) is 5.69 Å². The van der Waals surface area contributed by atoms with Crippen LogP contribution in [0.15, 0.2) is 24.5 Å². The quantitative estimate of drug-likeness (QED) is 0.589. The van der Waals surface area contributed by atoms with E-state index in [1.165, 1.54) is 0 Å². The van der Waals surface area contributed by atoms with Gasteiger partial charge in [-0.25, -0.2) is 9.97 Å². The summed E-state index contributed by atoms with van der Waals surface area (Å²) in [5, 5.41) is 0. The first-order valence-electron chi connectivity index (χ1n) is 5.89. The Morgan fingerprint density at radius 2 is 2.35 bits per heavy atom. The Morgan fingerprint density at radius 1 is 1.41 bits per heavy atom. The smallest absolute Gasteiger partial charge is 0.217 e. The average molecular weight is 228 g/mol. The lowest BCUT2D eigenvalue weighted by molar-refractivity contribution is 0.353. The second-order valence-electron chi connectivity index (χ2n) is 3.98. The van der Waals surface area contributed by atoms with E-state index in [1.807, 2.05) is 6.07 Å². The second-order valence-corrected chi connectivity index (χ2v) is 3.98. The zero-order valence-electron chi connectivity index (χ0n) is 10.0. The predicted octanol–water partition coefficient (Wildman–Crippen LogP) is 2.70. The first-order valence-corrected chi connectivity index (χ1v) is 5.89.